The lowest BCUT2D eigenvalue weighted by Crippen LogP contribution is -2.29. The number of hydrogen-bond donors (Lipinski definition) is 4. The third-order valence-electron chi connectivity index (χ3n) is 5.07. The van der Waals surface area contributed by atoms with E-state index in [2.05, 4.69) is 20.0 Å². The van der Waals surface area contributed by atoms with Crippen molar-refractivity contribution in [2.45, 2.75) is 49.6 Å². The van der Waals surface area contributed by atoms with E-state index in [1.54, 1.807) is 18.3 Å². The van der Waals surface area contributed by atoms with E-state index in [0.717, 1.165) is 29.0 Å². The van der Waals surface area contributed by atoms with Gasteiger partial charge in [0.2, 0.25) is 0 Å². The zero-order valence-electron chi connectivity index (χ0n) is 15.0. The Balaban J connectivity index is 1.65. The summed E-state index contributed by atoms with van der Waals surface area (Å²) < 4.78 is 14.7. The van der Waals surface area contributed by atoms with Gasteiger partial charge in [-0.2, -0.15) is 0 Å². The van der Waals surface area contributed by atoms with Gasteiger partial charge in [-0.3, -0.25) is 4.79 Å². The lowest BCUT2D eigenvalue weighted by molar-refractivity contribution is 0.462. The summed E-state index contributed by atoms with van der Waals surface area (Å²) in [6.07, 6.45) is 7.48. The van der Waals surface area contributed by atoms with Gasteiger partial charge in [-0.1, -0.05) is 19.3 Å². The Bertz CT molecular complexity index is 963. The third-order valence-corrected chi connectivity index (χ3v) is 6.27. The number of nitrogens with one attached hydrogen (secondary N) is 3. The van der Waals surface area contributed by atoms with Crippen LogP contribution in [0.5, 0.6) is 0 Å². The topological polar surface area (TPSA) is 112 Å². The van der Waals surface area contributed by atoms with Crippen LogP contribution in [-0.2, 0) is 17.5 Å². The second kappa shape index (κ2) is 7.66. The summed E-state index contributed by atoms with van der Waals surface area (Å²) in [5.41, 5.74) is 8.61. The molecule has 0 radical (unpaired) electrons. The van der Waals surface area contributed by atoms with Crippen LogP contribution in [0.2, 0.25) is 0 Å². The maximum Gasteiger partial charge on any atom is 0.261 e. The van der Waals surface area contributed by atoms with Gasteiger partial charge < -0.3 is 16.0 Å². The zero-order valence-corrected chi connectivity index (χ0v) is 15.8. The summed E-state index contributed by atoms with van der Waals surface area (Å²) in [5, 5.41) is 3.47. The summed E-state index contributed by atoms with van der Waals surface area (Å²) in [6.45, 7) is 0.533. The van der Waals surface area contributed by atoms with E-state index >= 15 is 0 Å². The SMILES string of the molecule is NC(=Nc1ccc2c(c1)CNS2=O)c1c(NC2CCCCC2)cc[nH]c1=O. The number of hydrogen-bond acceptors (Lipinski definition) is 4. The molecule has 1 unspecified atom stereocenters. The second-order valence-corrected chi connectivity index (χ2v) is 8.22. The van der Waals surface area contributed by atoms with Crippen LogP contribution in [0.1, 0.15) is 43.2 Å². The molecule has 27 heavy (non-hydrogen) atoms. The van der Waals surface area contributed by atoms with Gasteiger partial charge in [-0.15, -0.1) is 0 Å². The van der Waals surface area contributed by atoms with Crippen LogP contribution in [0.4, 0.5) is 11.4 Å². The second-order valence-electron chi connectivity index (χ2n) is 6.95. The van der Waals surface area contributed by atoms with Gasteiger partial charge in [-0.25, -0.2) is 13.9 Å². The molecule has 1 fully saturated rings. The first-order chi connectivity index (χ1) is 13.1. The molecule has 0 amide bonds. The van der Waals surface area contributed by atoms with Crippen molar-refractivity contribution in [1.82, 2.24) is 9.71 Å². The van der Waals surface area contributed by atoms with Crippen molar-refractivity contribution >= 4 is 28.2 Å². The fourth-order valence-electron chi connectivity index (χ4n) is 3.69. The molecule has 8 heteroatoms. The van der Waals surface area contributed by atoms with Crippen LogP contribution in [0.15, 0.2) is 45.1 Å². The molecule has 2 heterocycles. The van der Waals surface area contributed by atoms with Gasteiger partial charge in [0.05, 0.1) is 16.3 Å². The van der Waals surface area contributed by atoms with Crippen LogP contribution in [0.25, 0.3) is 0 Å². The summed E-state index contributed by atoms with van der Waals surface area (Å²) in [7, 11) is -1.16. The van der Waals surface area contributed by atoms with E-state index < -0.39 is 11.0 Å². The average molecular weight is 385 g/mol. The number of aliphatic imine (C=N–C) groups is 1. The minimum absolute atomic E-state index is 0.169. The maximum absolute atomic E-state index is 12.4. The van der Waals surface area contributed by atoms with E-state index in [0.29, 0.717) is 23.8 Å². The lowest BCUT2D eigenvalue weighted by atomic mass is 9.95. The van der Waals surface area contributed by atoms with E-state index in [1.165, 1.54) is 19.3 Å². The first-order valence-corrected chi connectivity index (χ1v) is 10.4. The van der Waals surface area contributed by atoms with Crippen LogP contribution < -0.4 is 21.3 Å². The summed E-state index contributed by atoms with van der Waals surface area (Å²) in [6, 6.07) is 7.60. The van der Waals surface area contributed by atoms with Gasteiger partial charge in [0.1, 0.15) is 22.4 Å². The van der Waals surface area contributed by atoms with Crippen molar-refractivity contribution in [3.8, 4) is 0 Å². The van der Waals surface area contributed by atoms with E-state index in [-0.39, 0.29) is 11.4 Å². The van der Waals surface area contributed by atoms with E-state index in [1.807, 2.05) is 12.1 Å². The molecule has 0 spiro atoms. The highest BCUT2D eigenvalue weighted by Crippen LogP contribution is 2.26. The van der Waals surface area contributed by atoms with Crippen LogP contribution in [0.3, 0.4) is 0 Å². The number of rotatable bonds is 4. The predicted octanol–water partition coefficient (Wildman–Crippen LogP) is 2.28. The summed E-state index contributed by atoms with van der Waals surface area (Å²) in [5.74, 6) is 0.169. The minimum Gasteiger partial charge on any atom is -0.383 e. The highest BCUT2D eigenvalue weighted by Gasteiger charge is 2.19. The first kappa shape index (κ1) is 17.9. The zero-order chi connectivity index (χ0) is 18.8. The molecule has 1 atom stereocenters. The fraction of sp³-hybridized carbons (Fsp3) is 0.368. The van der Waals surface area contributed by atoms with Crippen molar-refractivity contribution in [1.29, 1.82) is 0 Å². The number of nitrogens with zero attached hydrogens (tertiary/aromatic N) is 1. The molecule has 4 rings (SSSR count). The van der Waals surface area contributed by atoms with Crippen molar-refractivity contribution in [3.05, 3.63) is 51.9 Å². The number of nitrogens with two attached hydrogens (primary N) is 1. The quantitative estimate of drug-likeness (QED) is 0.478. The molecule has 1 saturated carbocycles. The Labute approximate surface area is 160 Å². The summed E-state index contributed by atoms with van der Waals surface area (Å²) in [4.78, 5) is 20.3. The van der Waals surface area contributed by atoms with Gasteiger partial charge in [0.15, 0.2) is 0 Å². The fourth-order valence-corrected chi connectivity index (χ4v) is 4.69. The molecule has 0 bridgehead atoms. The Hall–Kier alpha value is -2.45. The predicted molar refractivity (Wildman–Crippen MR) is 108 cm³/mol. The van der Waals surface area contributed by atoms with Crippen molar-refractivity contribution in [3.63, 3.8) is 0 Å². The largest absolute Gasteiger partial charge is 0.383 e. The number of aromatic amines is 1. The van der Waals surface area contributed by atoms with Gasteiger partial charge in [0, 0.05) is 18.8 Å². The maximum atomic E-state index is 12.4. The highest BCUT2D eigenvalue weighted by molar-refractivity contribution is 7.83. The Morgan fingerprint density at radius 2 is 2.04 bits per heavy atom. The van der Waals surface area contributed by atoms with Gasteiger partial charge in [0.25, 0.3) is 5.56 Å². The van der Waals surface area contributed by atoms with Crippen LogP contribution in [-0.4, -0.2) is 21.1 Å². The summed E-state index contributed by atoms with van der Waals surface area (Å²) >= 11 is 0. The van der Waals surface area contributed by atoms with E-state index in [9.17, 15) is 9.00 Å². The molecule has 1 aromatic heterocycles. The van der Waals surface area contributed by atoms with Crippen molar-refractivity contribution < 1.29 is 4.21 Å². The van der Waals surface area contributed by atoms with Gasteiger partial charge in [-0.05, 0) is 42.7 Å². The molecule has 1 aromatic carbocycles. The third kappa shape index (κ3) is 3.81. The molecule has 142 valence electrons. The number of pyridine rings is 1. The van der Waals surface area contributed by atoms with Crippen molar-refractivity contribution in [2.75, 3.05) is 5.32 Å². The molecule has 0 saturated heterocycles. The van der Waals surface area contributed by atoms with Crippen LogP contribution >= 0.6 is 0 Å². The number of H-pyrrole nitrogens is 1. The molecular weight excluding hydrogens is 362 g/mol. The first-order valence-electron chi connectivity index (χ1n) is 9.23. The normalized spacial score (nSPS) is 20.4. The Morgan fingerprint density at radius 1 is 1.22 bits per heavy atom. The Kier molecular flexibility index (Phi) is 5.09. The van der Waals surface area contributed by atoms with Crippen molar-refractivity contribution in [2.24, 2.45) is 10.7 Å². The minimum atomic E-state index is -1.16. The Morgan fingerprint density at radius 3 is 2.85 bits per heavy atom. The molecule has 1 aliphatic heterocycles. The molecule has 1 aliphatic carbocycles. The number of fused-ring (bicyclic) bond motifs is 1. The smallest absolute Gasteiger partial charge is 0.261 e. The standard InChI is InChI=1S/C19H23N5O2S/c20-18(24-14-6-7-16-12(10-14)11-22-27(16)26)17-15(8-9-21-19(17)25)23-13-4-2-1-3-5-13/h6-10,13,22H,1-5,11H2,(H2,20,24)(H2,21,23,25). The monoisotopic (exact) mass is 385 g/mol. The molecule has 2 aromatic rings. The molecule has 7 nitrogen and oxygen atoms in total. The average Bonchev–Trinajstić information content (AvgIpc) is 3.03. The molecular formula is C19H23N5O2S. The van der Waals surface area contributed by atoms with Gasteiger partial charge >= 0.3 is 0 Å². The highest BCUT2D eigenvalue weighted by atomic mass is 32.2. The molecule has 5 N–H and O–H groups in total. The number of benzene rings is 1. The van der Waals surface area contributed by atoms with E-state index in [4.69, 9.17) is 5.73 Å². The number of amidine groups is 1. The lowest BCUT2D eigenvalue weighted by Gasteiger charge is -2.24. The number of aromatic nitrogens is 1. The van der Waals surface area contributed by atoms with Crippen LogP contribution in [0, 0.1) is 0 Å². The molecule has 2 aliphatic rings. The number of anilines is 1.